The van der Waals surface area contributed by atoms with Crippen LogP contribution in [0.4, 0.5) is 4.39 Å². The number of rotatable bonds is 4. The molecule has 0 saturated carbocycles. The highest BCUT2D eigenvalue weighted by molar-refractivity contribution is 9.10. The van der Waals surface area contributed by atoms with Gasteiger partial charge in [-0.1, -0.05) is 5.21 Å². The van der Waals surface area contributed by atoms with Crippen LogP contribution in [0.1, 0.15) is 5.82 Å². The molecule has 96 valence electrons. The number of sulfonamides is 1. The van der Waals surface area contributed by atoms with Crippen LogP contribution in [-0.2, 0) is 16.6 Å². The Hall–Kier alpha value is -1.39. The SMILES string of the molecule is O=S(=O)(NCc1nn[nH]n1)c1ccc(Br)c(F)c1. The van der Waals surface area contributed by atoms with Crippen molar-refractivity contribution in [1.29, 1.82) is 0 Å². The van der Waals surface area contributed by atoms with Crippen molar-refractivity contribution in [3.05, 3.63) is 34.3 Å². The molecule has 1 heterocycles. The Bertz CT molecular complexity index is 646. The van der Waals surface area contributed by atoms with E-state index in [1.165, 1.54) is 12.1 Å². The van der Waals surface area contributed by atoms with E-state index in [9.17, 15) is 12.8 Å². The predicted octanol–water partition coefficient (Wildman–Crippen LogP) is 0.580. The summed E-state index contributed by atoms with van der Waals surface area (Å²) in [4.78, 5) is -0.174. The first-order valence-electron chi connectivity index (χ1n) is 4.66. The number of tetrazole rings is 1. The Morgan fingerprint density at radius 1 is 1.44 bits per heavy atom. The van der Waals surface area contributed by atoms with E-state index in [1.807, 2.05) is 0 Å². The number of aromatic nitrogens is 4. The summed E-state index contributed by atoms with van der Waals surface area (Å²) in [6.45, 7) is -0.128. The van der Waals surface area contributed by atoms with E-state index < -0.39 is 15.8 Å². The molecule has 7 nitrogen and oxygen atoms in total. The second kappa shape index (κ2) is 5.08. The molecule has 0 fully saturated rings. The van der Waals surface area contributed by atoms with Gasteiger partial charge in [0.25, 0.3) is 0 Å². The molecule has 0 atom stereocenters. The molecular weight excluding hydrogens is 329 g/mol. The van der Waals surface area contributed by atoms with Gasteiger partial charge in [0.05, 0.1) is 15.9 Å². The lowest BCUT2D eigenvalue weighted by molar-refractivity contribution is 0.575. The van der Waals surface area contributed by atoms with Gasteiger partial charge in [-0.3, -0.25) is 0 Å². The van der Waals surface area contributed by atoms with Gasteiger partial charge in [0.1, 0.15) is 5.82 Å². The third-order valence-corrected chi connectivity index (χ3v) is 4.05. The molecule has 2 N–H and O–H groups in total. The maximum absolute atomic E-state index is 13.2. The van der Waals surface area contributed by atoms with Gasteiger partial charge < -0.3 is 0 Å². The van der Waals surface area contributed by atoms with Crippen molar-refractivity contribution in [3.63, 3.8) is 0 Å². The summed E-state index contributed by atoms with van der Waals surface area (Å²) in [6, 6.07) is 3.52. The minimum atomic E-state index is -3.81. The topological polar surface area (TPSA) is 101 Å². The molecule has 10 heteroatoms. The van der Waals surface area contributed by atoms with E-state index in [4.69, 9.17) is 0 Å². The van der Waals surface area contributed by atoms with E-state index in [-0.39, 0.29) is 21.7 Å². The first kappa shape index (κ1) is 13.1. The first-order chi connectivity index (χ1) is 8.49. The molecule has 0 aliphatic carbocycles. The largest absolute Gasteiger partial charge is 0.241 e. The summed E-state index contributed by atoms with van der Waals surface area (Å²) in [5.41, 5.74) is 0. The average Bonchev–Trinajstić information content (AvgIpc) is 2.83. The normalized spacial score (nSPS) is 11.7. The number of benzene rings is 1. The molecule has 0 radical (unpaired) electrons. The van der Waals surface area contributed by atoms with Crippen LogP contribution in [0.3, 0.4) is 0 Å². The molecule has 0 unspecified atom stereocenters. The van der Waals surface area contributed by atoms with Crippen molar-refractivity contribution < 1.29 is 12.8 Å². The molecule has 0 amide bonds. The molecule has 1 aromatic heterocycles. The molecule has 2 aromatic rings. The fraction of sp³-hybridized carbons (Fsp3) is 0.125. The summed E-state index contributed by atoms with van der Waals surface area (Å²) in [7, 11) is -3.81. The van der Waals surface area contributed by atoms with Crippen LogP contribution in [0, 0.1) is 5.82 Å². The van der Waals surface area contributed by atoms with Gasteiger partial charge in [-0.15, -0.1) is 10.2 Å². The smallest absolute Gasteiger partial charge is 0.207 e. The fourth-order valence-electron chi connectivity index (χ4n) is 1.14. The van der Waals surface area contributed by atoms with Crippen LogP contribution in [0.15, 0.2) is 27.6 Å². The molecule has 1 aromatic carbocycles. The monoisotopic (exact) mass is 335 g/mol. The second-order valence-corrected chi connectivity index (χ2v) is 5.85. The number of aromatic amines is 1. The van der Waals surface area contributed by atoms with Crippen LogP contribution >= 0.6 is 15.9 Å². The van der Waals surface area contributed by atoms with E-state index in [0.717, 1.165) is 6.07 Å². The van der Waals surface area contributed by atoms with Crippen molar-refractivity contribution in [2.75, 3.05) is 0 Å². The molecule has 0 spiro atoms. The summed E-state index contributed by atoms with van der Waals surface area (Å²) in [6.07, 6.45) is 0. The van der Waals surface area contributed by atoms with Crippen molar-refractivity contribution in [2.45, 2.75) is 11.4 Å². The van der Waals surface area contributed by atoms with Gasteiger partial charge >= 0.3 is 0 Å². The second-order valence-electron chi connectivity index (χ2n) is 3.23. The lowest BCUT2D eigenvalue weighted by Crippen LogP contribution is -2.24. The molecule has 2 rings (SSSR count). The number of nitrogens with zero attached hydrogens (tertiary/aromatic N) is 3. The van der Waals surface area contributed by atoms with Gasteiger partial charge in [-0.05, 0) is 34.1 Å². The molecule has 0 saturated heterocycles. The molecular formula is C8H7BrFN5O2S. The Kier molecular flexibility index (Phi) is 3.68. The molecule has 18 heavy (non-hydrogen) atoms. The minimum Gasteiger partial charge on any atom is -0.207 e. The summed E-state index contributed by atoms with van der Waals surface area (Å²) in [5, 5.41) is 12.7. The Labute approximate surface area is 110 Å². The lowest BCUT2D eigenvalue weighted by Gasteiger charge is -2.05. The van der Waals surface area contributed by atoms with Crippen LogP contribution in [0.2, 0.25) is 0 Å². The summed E-state index contributed by atoms with van der Waals surface area (Å²) in [5.74, 6) is -0.464. The average molecular weight is 336 g/mol. The number of H-pyrrole nitrogens is 1. The van der Waals surface area contributed by atoms with Crippen molar-refractivity contribution in [3.8, 4) is 0 Å². The highest BCUT2D eigenvalue weighted by atomic mass is 79.9. The van der Waals surface area contributed by atoms with Gasteiger partial charge in [0.2, 0.25) is 10.0 Å². The van der Waals surface area contributed by atoms with Crippen molar-refractivity contribution in [2.24, 2.45) is 0 Å². The van der Waals surface area contributed by atoms with Crippen molar-refractivity contribution in [1.82, 2.24) is 25.3 Å². The van der Waals surface area contributed by atoms with E-state index in [1.54, 1.807) is 0 Å². The first-order valence-corrected chi connectivity index (χ1v) is 6.94. The molecule has 0 aliphatic heterocycles. The fourth-order valence-corrected chi connectivity index (χ4v) is 2.38. The standard InChI is InChI=1S/C8H7BrFN5O2S/c9-6-2-1-5(3-7(6)10)18(16,17)11-4-8-12-14-15-13-8/h1-3,11H,4H2,(H,12,13,14,15). The predicted molar refractivity (Wildman–Crippen MR) is 62.3 cm³/mol. The number of nitrogens with one attached hydrogen (secondary N) is 2. The summed E-state index contributed by atoms with van der Waals surface area (Å²) < 4.78 is 39.3. The third kappa shape index (κ3) is 2.89. The maximum atomic E-state index is 13.2. The summed E-state index contributed by atoms with van der Waals surface area (Å²) >= 11 is 2.94. The Morgan fingerprint density at radius 2 is 2.22 bits per heavy atom. The van der Waals surface area contributed by atoms with Gasteiger partial charge in [0, 0.05) is 0 Å². The Balaban J connectivity index is 2.17. The number of hydrogen-bond acceptors (Lipinski definition) is 5. The van der Waals surface area contributed by atoms with Crippen LogP contribution < -0.4 is 4.72 Å². The number of halogens is 2. The van der Waals surface area contributed by atoms with Crippen LogP contribution in [0.5, 0.6) is 0 Å². The highest BCUT2D eigenvalue weighted by Crippen LogP contribution is 2.19. The quantitative estimate of drug-likeness (QED) is 0.851. The van der Waals surface area contributed by atoms with Gasteiger partial charge in [-0.25, -0.2) is 17.5 Å². The third-order valence-electron chi connectivity index (χ3n) is 2.01. The maximum Gasteiger partial charge on any atom is 0.241 e. The van der Waals surface area contributed by atoms with Gasteiger partial charge in [-0.2, -0.15) is 5.21 Å². The Morgan fingerprint density at radius 3 is 2.83 bits per heavy atom. The highest BCUT2D eigenvalue weighted by Gasteiger charge is 2.16. The van der Waals surface area contributed by atoms with Gasteiger partial charge in [0.15, 0.2) is 5.82 Å². The zero-order chi connectivity index (χ0) is 13.2. The molecule has 0 aliphatic rings. The lowest BCUT2D eigenvalue weighted by atomic mass is 10.3. The number of hydrogen-bond donors (Lipinski definition) is 2. The van der Waals surface area contributed by atoms with Crippen molar-refractivity contribution >= 4 is 26.0 Å². The van der Waals surface area contributed by atoms with Crippen LogP contribution in [-0.4, -0.2) is 29.0 Å². The zero-order valence-electron chi connectivity index (χ0n) is 8.76. The van der Waals surface area contributed by atoms with E-state index in [0.29, 0.717) is 0 Å². The molecule has 0 bridgehead atoms. The van der Waals surface area contributed by atoms with E-state index >= 15 is 0 Å². The minimum absolute atomic E-state index is 0.128. The van der Waals surface area contributed by atoms with Crippen LogP contribution in [0.25, 0.3) is 0 Å². The zero-order valence-corrected chi connectivity index (χ0v) is 11.2. The van der Waals surface area contributed by atoms with E-state index in [2.05, 4.69) is 41.3 Å².